The van der Waals surface area contributed by atoms with Crippen molar-refractivity contribution in [1.29, 1.82) is 0 Å². The van der Waals surface area contributed by atoms with Crippen LogP contribution >= 0.6 is 0 Å². The standard InChI is InChI=1S/C20H26FN3O/c1-14(2)24-10-8-22-20(24)17-5-4-9-23(13-17)19(25)12-16-6-7-18(21)11-15(16)3/h6-8,10-11,14,17H,4-5,9,12-13H2,1-3H3/t17-/m1/s1. The van der Waals surface area contributed by atoms with Gasteiger partial charge in [0.15, 0.2) is 0 Å². The first-order valence-corrected chi connectivity index (χ1v) is 9.01. The number of amides is 1. The highest BCUT2D eigenvalue weighted by Gasteiger charge is 2.28. The molecule has 1 atom stereocenters. The van der Waals surface area contributed by atoms with Crippen LogP contribution < -0.4 is 0 Å². The summed E-state index contributed by atoms with van der Waals surface area (Å²) >= 11 is 0. The lowest BCUT2D eigenvalue weighted by molar-refractivity contribution is -0.131. The van der Waals surface area contributed by atoms with Gasteiger partial charge in [0.1, 0.15) is 11.6 Å². The number of hydrogen-bond acceptors (Lipinski definition) is 2. The minimum absolute atomic E-state index is 0.113. The number of hydrogen-bond donors (Lipinski definition) is 0. The lowest BCUT2D eigenvalue weighted by Crippen LogP contribution is -2.40. The molecule has 1 amide bonds. The van der Waals surface area contributed by atoms with Crippen molar-refractivity contribution in [3.63, 3.8) is 0 Å². The van der Waals surface area contributed by atoms with Crippen LogP contribution in [0.1, 0.15) is 55.6 Å². The fourth-order valence-electron chi connectivity index (χ4n) is 3.62. The minimum atomic E-state index is -0.257. The van der Waals surface area contributed by atoms with E-state index in [2.05, 4.69) is 23.4 Å². The highest BCUT2D eigenvalue weighted by Crippen LogP contribution is 2.28. The molecule has 0 saturated carbocycles. The molecule has 1 saturated heterocycles. The molecule has 1 fully saturated rings. The number of benzene rings is 1. The number of imidazole rings is 1. The summed E-state index contributed by atoms with van der Waals surface area (Å²) in [5, 5.41) is 0. The third-order valence-electron chi connectivity index (χ3n) is 5.04. The fourth-order valence-corrected chi connectivity index (χ4v) is 3.62. The number of carbonyl (C=O) groups is 1. The maximum Gasteiger partial charge on any atom is 0.227 e. The molecule has 5 heteroatoms. The zero-order valence-electron chi connectivity index (χ0n) is 15.2. The van der Waals surface area contributed by atoms with Crippen molar-refractivity contribution in [1.82, 2.24) is 14.5 Å². The van der Waals surface area contributed by atoms with Gasteiger partial charge < -0.3 is 9.47 Å². The number of aryl methyl sites for hydroxylation is 1. The first-order chi connectivity index (χ1) is 12.0. The zero-order valence-corrected chi connectivity index (χ0v) is 15.2. The third kappa shape index (κ3) is 3.91. The van der Waals surface area contributed by atoms with Crippen LogP contribution in [0.3, 0.4) is 0 Å². The molecule has 0 unspecified atom stereocenters. The molecule has 3 rings (SSSR count). The van der Waals surface area contributed by atoms with E-state index in [4.69, 9.17) is 0 Å². The molecule has 1 aliphatic rings. The van der Waals surface area contributed by atoms with Crippen molar-refractivity contribution in [2.75, 3.05) is 13.1 Å². The average Bonchev–Trinajstić information content (AvgIpc) is 3.07. The summed E-state index contributed by atoms with van der Waals surface area (Å²) in [6.45, 7) is 7.65. The van der Waals surface area contributed by atoms with Gasteiger partial charge in [-0.1, -0.05) is 6.07 Å². The number of rotatable bonds is 4. The third-order valence-corrected chi connectivity index (χ3v) is 5.04. The Labute approximate surface area is 148 Å². The molecular formula is C20H26FN3O. The van der Waals surface area contributed by atoms with Crippen LogP contribution in [0.4, 0.5) is 4.39 Å². The van der Waals surface area contributed by atoms with E-state index in [0.29, 0.717) is 19.0 Å². The number of halogens is 1. The maximum atomic E-state index is 13.2. The first kappa shape index (κ1) is 17.6. The summed E-state index contributed by atoms with van der Waals surface area (Å²) in [6.07, 6.45) is 6.24. The Kier molecular flexibility index (Phi) is 5.21. The Morgan fingerprint density at radius 1 is 1.40 bits per heavy atom. The van der Waals surface area contributed by atoms with Gasteiger partial charge in [-0.05, 0) is 56.9 Å². The normalized spacial score (nSPS) is 18.0. The van der Waals surface area contributed by atoms with Gasteiger partial charge in [0.25, 0.3) is 0 Å². The number of carbonyl (C=O) groups excluding carboxylic acids is 1. The van der Waals surface area contributed by atoms with Crippen LogP contribution in [0.5, 0.6) is 0 Å². The molecule has 0 N–H and O–H groups in total. The predicted molar refractivity (Wildman–Crippen MR) is 96.0 cm³/mol. The van der Waals surface area contributed by atoms with Crippen LogP contribution in [0.25, 0.3) is 0 Å². The van der Waals surface area contributed by atoms with Crippen LogP contribution in [0.15, 0.2) is 30.6 Å². The molecule has 2 aromatic rings. The fraction of sp³-hybridized carbons (Fsp3) is 0.500. The number of nitrogens with zero attached hydrogens (tertiary/aromatic N) is 3. The van der Waals surface area contributed by atoms with E-state index < -0.39 is 0 Å². The molecule has 0 radical (unpaired) electrons. The lowest BCUT2D eigenvalue weighted by Gasteiger charge is -2.33. The molecule has 25 heavy (non-hydrogen) atoms. The van der Waals surface area contributed by atoms with E-state index in [1.54, 1.807) is 6.07 Å². The summed E-state index contributed by atoms with van der Waals surface area (Å²) in [5.41, 5.74) is 1.73. The van der Waals surface area contributed by atoms with Crippen molar-refractivity contribution in [2.24, 2.45) is 0 Å². The predicted octanol–water partition coefficient (Wildman–Crippen LogP) is 3.86. The van der Waals surface area contributed by atoms with Crippen LogP contribution in [0.2, 0.25) is 0 Å². The Morgan fingerprint density at radius 3 is 2.92 bits per heavy atom. The average molecular weight is 343 g/mol. The van der Waals surface area contributed by atoms with Gasteiger partial charge in [-0.15, -0.1) is 0 Å². The molecule has 2 heterocycles. The second kappa shape index (κ2) is 7.38. The lowest BCUT2D eigenvalue weighted by atomic mass is 9.96. The Balaban J connectivity index is 1.70. The molecule has 134 valence electrons. The van der Waals surface area contributed by atoms with Crippen LogP contribution in [-0.2, 0) is 11.2 Å². The SMILES string of the molecule is Cc1cc(F)ccc1CC(=O)N1CCC[C@@H](c2nccn2C(C)C)C1. The van der Waals surface area contributed by atoms with Gasteiger partial charge in [0.05, 0.1) is 6.42 Å². The maximum absolute atomic E-state index is 13.2. The molecule has 1 aromatic heterocycles. The van der Waals surface area contributed by atoms with Gasteiger partial charge in [0.2, 0.25) is 5.91 Å². The first-order valence-electron chi connectivity index (χ1n) is 9.01. The molecule has 1 aromatic carbocycles. The number of likely N-dealkylation sites (tertiary alicyclic amines) is 1. The van der Waals surface area contributed by atoms with E-state index in [9.17, 15) is 9.18 Å². The van der Waals surface area contributed by atoms with Crippen molar-refractivity contribution >= 4 is 5.91 Å². The summed E-state index contributed by atoms with van der Waals surface area (Å²) in [5.74, 6) is 1.21. The van der Waals surface area contributed by atoms with Crippen molar-refractivity contribution < 1.29 is 9.18 Å². The monoisotopic (exact) mass is 343 g/mol. The van der Waals surface area contributed by atoms with E-state index in [0.717, 1.165) is 36.3 Å². The van der Waals surface area contributed by atoms with E-state index in [1.165, 1.54) is 12.1 Å². The minimum Gasteiger partial charge on any atom is -0.342 e. The summed E-state index contributed by atoms with van der Waals surface area (Å²) in [6, 6.07) is 5.00. The highest BCUT2D eigenvalue weighted by atomic mass is 19.1. The van der Waals surface area contributed by atoms with E-state index in [-0.39, 0.29) is 17.6 Å². The zero-order chi connectivity index (χ0) is 18.0. The second-order valence-corrected chi connectivity index (χ2v) is 7.21. The number of aromatic nitrogens is 2. The second-order valence-electron chi connectivity index (χ2n) is 7.21. The molecular weight excluding hydrogens is 317 g/mol. The van der Waals surface area contributed by atoms with Crippen LogP contribution in [0, 0.1) is 12.7 Å². The topological polar surface area (TPSA) is 38.1 Å². The van der Waals surface area contributed by atoms with E-state index >= 15 is 0 Å². The summed E-state index contributed by atoms with van der Waals surface area (Å²) in [4.78, 5) is 19.2. The smallest absolute Gasteiger partial charge is 0.227 e. The molecule has 4 nitrogen and oxygen atoms in total. The van der Waals surface area contributed by atoms with Gasteiger partial charge in [-0.3, -0.25) is 4.79 Å². The highest BCUT2D eigenvalue weighted by molar-refractivity contribution is 5.79. The molecule has 1 aliphatic heterocycles. The van der Waals surface area contributed by atoms with Gasteiger partial charge in [-0.2, -0.15) is 0 Å². The van der Waals surface area contributed by atoms with Crippen LogP contribution in [-0.4, -0.2) is 33.4 Å². The molecule has 0 bridgehead atoms. The number of piperidine rings is 1. The summed E-state index contributed by atoms with van der Waals surface area (Å²) < 4.78 is 15.4. The summed E-state index contributed by atoms with van der Waals surface area (Å²) in [7, 11) is 0. The Hall–Kier alpha value is -2.17. The van der Waals surface area contributed by atoms with Crippen molar-refractivity contribution in [3.05, 3.63) is 53.4 Å². The van der Waals surface area contributed by atoms with Gasteiger partial charge >= 0.3 is 0 Å². The van der Waals surface area contributed by atoms with Crippen molar-refractivity contribution in [2.45, 2.75) is 52.0 Å². The quantitative estimate of drug-likeness (QED) is 0.845. The van der Waals surface area contributed by atoms with Gasteiger partial charge in [-0.25, -0.2) is 9.37 Å². The molecule has 0 spiro atoms. The Morgan fingerprint density at radius 2 is 2.20 bits per heavy atom. The Bertz CT molecular complexity index is 753. The largest absolute Gasteiger partial charge is 0.342 e. The van der Waals surface area contributed by atoms with Gasteiger partial charge in [0, 0.05) is 37.4 Å². The van der Waals surface area contributed by atoms with E-state index in [1.807, 2.05) is 24.2 Å². The molecule has 0 aliphatic carbocycles. The van der Waals surface area contributed by atoms with Crippen molar-refractivity contribution in [3.8, 4) is 0 Å².